The van der Waals surface area contributed by atoms with Crippen molar-refractivity contribution in [3.8, 4) is 0 Å². The Labute approximate surface area is 145 Å². The molecule has 0 saturated carbocycles. The minimum Gasteiger partial charge on any atom is -0.322 e. The summed E-state index contributed by atoms with van der Waals surface area (Å²) in [5.74, 6) is -1.56. The summed E-state index contributed by atoms with van der Waals surface area (Å²) in [6.45, 7) is 0. The lowest BCUT2D eigenvalue weighted by Crippen LogP contribution is -2.12. The van der Waals surface area contributed by atoms with Crippen LogP contribution in [0.2, 0.25) is 0 Å². The maximum absolute atomic E-state index is 13.2. The van der Waals surface area contributed by atoms with Gasteiger partial charge < -0.3 is 5.32 Å². The van der Waals surface area contributed by atoms with Gasteiger partial charge in [-0.2, -0.15) is 0 Å². The molecule has 3 rings (SSSR count). The number of hydrogen-bond acceptors (Lipinski definition) is 4. The fourth-order valence-electron chi connectivity index (χ4n) is 1.95. The van der Waals surface area contributed by atoms with Gasteiger partial charge in [-0.3, -0.25) is 4.79 Å². The van der Waals surface area contributed by atoms with Crippen LogP contribution in [0.25, 0.3) is 0 Å². The molecular formula is C17H12F2N2OS2. The van der Waals surface area contributed by atoms with E-state index in [0.29, 0.717) is 5.56 Å². The summed E-state index contributed by atoms with van der Waals surface area (Å²) >= 11 is 3.18. The molecule has 0 aliphatic heterocycles. The van der Waals surface area contributed by atoms with Gasteiger partial charge in [0.05, 0.1) is 11.2 Å². The van der Waals surface area contributed by atoms with Gasteiger partial charge in [0.25, 0.3) is 5.91 Å². The van der Waals surface area contributed by atoms with E-state index in [4.69, 9.17) is 0 Å². The SMILES string of the molecule is O=C(Nc1ccc(F)c(F)c1)c1ccc(SCc2cscn2)cc1. The Bertz CT molecular complexity index is 836. The van der Waals surface area contributed by atoms with Crippen molar-refractivity contribution in [3.05, 3.63) is 76.2 Å². The molecule has 0 radical (unpaired) electrons. The molecule has 1 aromatic heterocycles. The van der Waals surface area contributed by atoms with E-state index in [1.165, 1.54) is 6.07 Å². The lowest BCUT2D eigenvalue weighted by atomic mass is 10.2. The zero-order valence-electron chi connectivity index (χ0n) is 12.3. The second-order valence-electron chi connectivity index (χ2n) is 4.88. The number of amides is 1. The van der Waals surface area contributed by atoms with E-state index in [1.807, 2.05) is 17.5 Å². The fraction of sp³-hybridized carbons (Fsp3) is 0.0588. The van der Waals surface area contributed by atoms with Crippen LogP contribution in [0, 0.1) is 11.6 Å². The summed E-state index contributed by atoms with van der Waals surface area (Å²) in [5, 5.41) is 4.54. The number of halogens is 2. The number of carbonyl (C=O) groups is 1. The van der Waals surface area contributed by atoms with E-state index in [0.717, 1.165) is 28.5 Å². The molecule has 2 aromatic carbocycles. The summed E-state index contributed by atoms with van der Waals surface area (Å²) in [4.78, 5) is 17.4. The number of hydrogen-bond donors (Lipinski definition) is 1. The summed E-state index contributed by atoms with van der Waals surface area (Å²) < 4.78 is 26.0. The highest BCUT2D eigenvalue weighted by Gasteiger charge is 2.09. The highest BCUT2D eigenvalue weighted by molar-refractivity contribution is 7.98. The van der Waals surface area contributed by atoms with Crippen LogP contribution in [0.15, 0.2) is 58.3 Å². The van der Waals surface area contributed by atoms with Gasteiger partial charge in [-0.15, -0.1) is 23.1 Å². The molecule has 0 saturated heterocycles. The molecule has 0 unspecified atom stereocenters. The third-order valence-corrected chi connectivity index (χ3v) is 4.85. The molecule has 7 heteroatoms. The Morgan fingerprint density at radius 2 is 1.92 bits per heavy atom. The van der Waals surface area contributed by atoms with Crippen molar-refractivity contribution in [1.29, 1.82) is 0 Å². The van der Waals surface area contributed by atoms with Crippen LogP contribution >= 0.6 is 23.1 Å². The minimum atomic E-state index is -0.999. The molecule has 0 atom stereocenters. The molecular weight excluding hydrogens is 350 g/mol. The first-order valence-electron chi connectivity index (χ1n) is 6.98. The first-order chi connectivity index (χ1) is 11.6. The minimum absolute atomic E-state index is 0.209. The van der Waals surface area contributed by atoms with Crippen LogP contribution in [-0.2, 0) is 5.75 Å². The summed E-state index contributed by atoms with van der Waals surface area (Å²) in [6, 6.07) is 10.3. The number of carbonyl (C=O) groups excluding carboxylic acids is 1. The zero-order chi connectivity index (χ0) is 16.9. The zero-order valence-corrected chi connectivity index (χ0v) is 14.0. The third-order valence-electron chi connectivity index (χ3n) is 3.16. The number of nitrogens with one attached hydrogen (secondary N) is 1. The van der Waals surface area contributed by atoms with Crippen molar-refractivity contribution < 1.29 is 13.6 Å². The predicted molar refractivity (Wildman–Crippen MR) is 92.4 cm³/mol. The van der Waals surface area contributed by atoms with Gasteiger partial charge in [-0.25, -0.2) is 13.8 Å². The average Bonchev–Trinajstić information content (AvgIpc) is 3.10. The third kappa shape index (κ3) is 4.18. The monoisotopic (exact) mass is 362 g/mol. The number of thiazole rings is 1. The van der Waals surface area contributed by atoms with Crippen LogP contribution in [0.5, 0.6) is 0 Å². The first kappa shape index (κ1) is 16.6. The van der Waals surface area contributed by atoms with Crippen molar-refractivity contribution in [3.63, 3.8) is 0 Å². The Balaban J connectivity index is 1.61. The Morgan fingerprint density at radius 1 is 1.12 bits per heavy atom. The summed E-state index contributed by atoms with van der Waals surface area (Å²) in [5.41, 5.74) is 3.46. The smallest absolute Gasteiger partial charge is 0.255 e. The largest absolute Gasteiger partial charge is 0.322 e. The molecule has 0 bridgehead atoms. The van der Waals surface area contributed by atoms with E-state index in [1.54, 1.807) is 40.7 Å². The van der Waals surface area contributed by atoms with E-state index < -0.39 is 11.6 Å². The Hall–Kier alpha value is -2.25. The Morgan fingerprint density at radius 3 is 2.58 bits per heavy atom. The van der Waals surface area contributed by atoms with E-state index in [9.17, 15) is 13.6 Å². The van der Waals surface area contributed by atoms with Gasteiger partial charge in [-0.05, 0) is 36.4 Å². The van der Waals surface area contributed by atoms with Crippen LogP contribution < -0.4 is 5.32 Å². The molecule has 0 aliphatic carbocycles. The average molecular weight is 362 g/mol. The number of rotatable bonds is 5. The number of anilines is 1. The van der Waals surface area contributed by atoms with Gasteiger partial charge in [0.2, 0.25) is 0 Å². The topological polar surface area (TPSA) is 42.0 Å². The van der Waals surface area contributed by atoms with Crippen molar-refractivity contribution in [2.45, 2.75) is 10.6 Å². The highest BCUT2D eigenvalue weighted by atomic mass is 32.2. The van der Waals surface area contributed by atoms with Gasteiger partial charge >= 0.3 is 0 Å². The quantitative estimate of drug-likeness (QED) is 0.652. The maximum atomic E-state index is 13.2. The van der Waals surface area contributed by atoms with Crippen molar-refractivity contribution in [1.82, 2.24) is 4.98 Å². The number of nitrogens with zero attached hydrogens (tertiary/aromatic N) is 1. The molecule has 1 heterocycles. The van der Waals surface area contributed by atoms with Crippen LogP contribution in [-0.4, -0.2) is 10.9 Å². The highest BCUT2D eigenvalue weighted by Crippen LogP contribution is 2.23. The summed E-state index contributed by atoms with van der Waals surface area (Å²) in [7, 11) is 0. The molecule has 0 spiro atoms. The van der Waals surface area contributed by atoms with Gasteiger partial charge in [0.1, 0.15) is 0 Å². The first-order valence-corrected chi connectivity index (χ1v) is 8.91. The van der Waals surface area contributed by atoms with E-state index in [-0.39, 0.29) is 11.6 Å². The number of benzene rings is 2. The van der Waals surface area contributed by atoms with E-state index >= 15 is 0 Å². The predicted octanol–water partition coefficient (Wildman–Crippen LogP) is 4.97. The number of aromatic nitrogens is 1. The molecule has 122 valence electrons. The second kappa shape index (κ2) is 7.55. The molecule has 3 aromatic rings. The van der Waals surface area contributed by atoms with Gasteiger partial charge in [0, 0.05) is 33.3 Å². The molecule has 3 nitrogen and oxygen atoms in total. The lowest BCUT2D eigenvalue weighted by molar-refractivity contribution is 0.102. The second-order valence-corrected chi connectivity index (χ2v) is 6.64. The fourth-order valence-corrected chi connectivity index (χ4v) is 3.41. The molecule has 0 fully saturated rings. The molecule has 1 N–H and O–H groups in total. The Kier molecular flexibility index (Phi) is 5.22. The van der Waals surface area contributed by atoms with Crippen molar-refractivity contribution in [2.75, 3.05) is 5.32 Å². The maximum Gasteiger partial charge on any atom is 0.255 e. The summed E-state index contributed by atoms with van der Waals surface area (Å²) in [6.07, 6.45) is 0. The normalized spacial score (nSPS) is 10.6. The molecule has 24 heavy (non-hydrogen) atoms. The number of thioether (sulfide) groups is 1. The van der Waals surface area contributed by atoms with Gasteiger partial charge in [-0.1, -0.05) is 0 Å². The van der Waals surface area contributed by atoms with Crippen molar-refractivity contribution in [2.24, 2.45) is 0 Å². The van der Waals surface area contributed by atoms with Crippen LogP contribution in [0.4, 0.5) is 14.5 Å². The van der Waals surface area contributed by atoms with Crippen LogP contribution in [0.3, 0.4) is 0 Å². The standard InChI is InChI=1S/C17H12F2N2OS2/c18-15-6-3-12(7-16(15)19)21-17(22)11-1-4-14(5-2-11)24-9-13-8-23-10-20-13/h1-8,10H,9H2,(H,21,22). The van der Waals surface area contributed by atoms with Crippen LogP contribution in [0.1, 0.15) is 16.1 Å². The van der Waals surface area contributed by atoms with Gasteiger partial charge in [0.15, 0.2) is 11.6 Å². The lowest BCUT2D eigenvalue weighted by Gasteiger charge is -2.06. The van der Waals surface area contributed by atoms with E-state index in [2.05, 4.69) is 10.3 Å². The molecule has 0 aliphatic rings. The van der Waals surface area contributed by atoms with Crippen molar-refractivity contribution >= 4 is 34.7 Å². The molecule has 1 amide bonds.